The zero-order chi connectivity index (χ0) is 16.4. The Balaban J connectivity index is 0.00000121. The van der Waals surface area contributed by atoms with Crippen LogP contribution >= 0.6 is 24.8 Å². The molecule has 1 aliphatic carbocycles. The van der Waals surface area contributed by atoms with Gasteiger partial charge in [-0.1, -0.05) is 6.07 Å². The quantitative estimate of drug-likeness (QED) is 0.766. The number of rotatable bonds is 4. The molecule has 3 nitrogen and oxygen atoms in total. The first kappa shape index (κ1) is 20.9. The molecular weight excluding hydrogens is 374 g/mol. The number of piperidine rings is 1. The highest BCUT2D eigenvalue weighted by molar-refractivity contribution is 5.85. The standard InChI is InChI=1S/C20H23FN2O.2ClH/c21-17-3-5-18(6-4-17)24-19-7-10-23(11-8-19)14-15-12-16-2-1-9-22-20(16)13-15;;/h1-6,9,15,19H,7-8,10-14H2;2*1H. The van der Waals surface area contributed by atoms with Gasteiger partial charge in [0.05, 0.1) is 0 Å². The highest BCUT2D eigenvalue weighted by Gasteiger charge is 2.27. The summed E-state index contributed by atoms with van der Waals surface area (Å²) in [5.41, 5.74) is 2.72. The molecule has 0 N–H and O–H groups in total. The normalized spacial score (nSPS) is 20.0. The number of ether oxygens (including phenoxy) is 1. The van der Waals surface area contributed by atoms with Gasteiger partial charge in [0.1, 0.15) is 17.7 Å². The van der Waals surface area contributed by atoms with E-state index in [9.17, 15) is 4.39 Å². The number of aromatic nitrogens is 1. The first-order valence-electron chi connectivity index (χ1n) is 8.83. The number of hydrogen-bond donors (Lipinski definition) is 0. The van der Waals surface area contributed by atoms with Crippen molar-refractivity contribution >= 4 is 24.8 Å². The van der Waals surface area contributed by atoms with Crippen LogP contribution in [0.3, 0.4) is 0 Å². The fourth-order valence-electron chi connectivity index (χ4n) is 3.91. The minimum Gasteiger partial charge on any atom is -0.490 e. The van der Waals surface area contributed by atoms with Crippen molar-refractivity contribution in [3.05, 3.63) is 59.7 Å². The minimum absolute atomic E-state index is 0. The first-order chi connectivity index (χ1) is 11.8. The Bertz CT molecular complexity index is 665. The summed E-state index contributed by atoms with van der Waals surface area (Å²) >= 11 is 0. The number of likely N-dealkylation sites (tertiary alicyclic amines) is 1. The highest BCUT2D eigenvalue weighted by atomic mass is 35.5. The van der Waals surface area contributed by atoms with E-state index < -0.39 is 0 Å². The fraction of sp³-hybridized carbons (Fsp3) is 0.450. The molecule has 1 aromatic heterocycles. The molecule has 1 unspecified atom stereocenters. The van der Waals surface area contributed by atoms with Crippen LogP contribution in [0.2, 0.25) is 0 Å². The van der Waals surface area contributed by atoms with Crippen molar-refractivity contribution in [2.45, 2.75) is 31.8 Å². The molecule has 2 heterocycles. The van der Waals surface area contributed by atoms with Crippen LogP contribution in [0, 0.1) is 11.7 Å². The molecule has 2 aromatic rings. The van der Waals surface area contributed by atoms with E-state index in [-0.39, 0.29) is 36.7 Å². The van der Waals surface area contributed by atoms with Crippen molar-refractivity contribution in [2.75, 3.05) is 19.6 Å². The monoisotopic (exact) mass is 398 g/mol. The lowest BCUT2D eigenvalue weighted by atomic mass is 10.0. The molecule has 0 amide bonds. The average Bonchev–Trinajstić information content (AvgIpc) is 3.01. The Morgan fingerprint density at radius 3 is 2.46 bits per heavy atom. The van der Waals surface area contributed by atoms with Gasteiger partial charge >= 0.3 is 0 Å². The third-order valence-electron chi connectivity index (χ3n) is 5.14. The van der Waals surface area contributed by atoms with E-state index in [0.29, 0.717) is 5.92 Å². The van der Waals surface area contributed by atoms with Gasteiger partial charge in [0.15, 0.2) is 0 Å². The maximum Gasteiger partial charge on any atom is 0.123 e. The Hall–Kier alpha value is -1.36. The Morgan fingerprint density at radius 1 is 1.04 bits per heavy atom. The van der Waals surface area contributed by atoms with Gasteiger partial charge in [-0.25, -0.2) is 4.39 Å². The van der Waals surface area contributed by atoms with Crippen LogP contribution in [0.25, 0.3) is 0 Å². The molecule has 6 heteroatoms. The summed E-state index contributed by atoms with van der Waals surface area (Å²) in [7, 11) is 0. The van der Waals surface area contributed by atoms with Gasteiger partial charge in [-0.05, 0) is 67.5 Å². The molecule has 0 saturated carbocycles. The average molecular weight is 399 g/mol. The second-order valence-corrected chi connectivity index (χ2v) is 6.96. The zero-order valence-corrected chi connectivity index (χ0v) is 16.3. The largest absolute Gasteiger partial charge is 0.490 e. The smallest absolute Gasteiger partial charge is 0.123 e. The molecule has 2 aliphatic rings. The van der Waals surface area contributed by atoms with Crippen LogP contribution in [-0.4, -0.2) is 35.6 Å². The lowest BCUT2D eigenvalue weighted by Crippen LogP contribution is -2.40. The molecule has 1 aliphatic heterocycles. The van der Waals surface area contributed by atoms with Gasteiger partial charge in [-0.15, -0.1) is 24.8 Å². The summed E-state index contributed by atoms with van der Waals surface area (Å²) in [5, 5.41) is 0. The number of pyridine rings is 1. The van der Waals surface area contributed by atoms with Gasteiger partial charge in [0, 0.05) is 31.5 Å². The van der Waals surface area contributed by atoms with Crippen LogP contribution < -0.4 is 4.74 Å². The third-order valence-corrected chi connectivity index (χ3v) is 5.14. The summed E-state index contributed by atoms with van der Waals surface area (Å²) in [5.74, 6) is 1.25. The maximum atomic E-state index is 12.9. The van der Waals surface area contributed by atoms with E-state index >= 15 is 0 Å². The van der Waals surface area contributed by atoms with Crippen molar-refractivity contribution in [3.8, 4) is 5.75 Å². The van der Waals surface area contributed by atoms with E-state index in [0.717, 1.165) is 51.1 Å². The maximum absolute atomic E-state index is 12.9. The van der Waals surface area contributed by atoms with Crippen molar-refractivity contribution in [1.82, 2.24) is 9.88 Å². The summed E-state index contributed by atoms with van der Waals surface area (Å²) in [4.78, 5) is 7.06. The predicted octanol–water partition coefficient (Wildman–Crippen LogP) is 4.32. The van der Waals surface area contributed by atoms with Gasteiger partial charge in [-0.3, -0.25) is 4.98 Å². The molecular formula is C20H25Cl2FN2O. The fourth-order valence-corrected chi connectivity index (χ4v) is 3.91. The van der Waals surface area contributed by atoms with Gasteiger partial charge in [-0.2, -0.15) is 0 Å². The second-order valence-electron chi connectivity index (χ2n) is 6.96. The van der Waals surface area contributed by atoms with E-state index in [4.69, 9.17) is 4.74 Å². The third kappa shape index (κ3) is 5.09. The topological polar surface area (TPSA) is 25.4 Å². The van der Waals surface area contributed by atoms with Crippen molar-refractivity contribution in [2.24, 2.45) is 5.92 Å². The zero-order valence-electron chi connectivity index (χ0n) is 14.6. The van der Waals surface area contributed by atoms with Gasteiger partial charge in [0.25, 0.3) is 0 Å². The summed E-state index contributed by atoms with van der Waals surface area (Å²) < 4.78 is 18.9. The number of nitrogens with zero attached hydrogens (tertiary/aromatic N) is 2. The highest BCUT2D eigenvalue weighted by Crippen LogP contribution is 2.27. The molecule has 1 aromatic carbocycles. The first-order valence-corrected chi connectivity index (χ1v) is 8.83. The minimum atomic E-state index is -0.218. The van der Waals surface area contributed by atoms with E-state index in [1.165, 1.54) is 23.4 Å². The summed E-state index contributed by atoms with van der Waals surface area (Å²) in [6.45, 7) is 3.30. The molecule has 0 spiro atoms. The van der Waals surface area contributed by atoms with E-state index in [1.54, 1.807) is 12.1 Å². The van der Waals surface area contributed by atoms with Crippen LogP contribution in [0.4, 0.5) is 4.39 Å². The molecule has 4 rings (SSSR count). The molecule has 1 fully saturated rings. The molecule has 1 saturated heterocycles. The van der Waals surface area contributed by atoms with E-state index in [1.807, 2.05) is 12.3 Å². The molecule has 1 atom stereocenters. The lowest BCUT2D eigenvalue weighted by molar-refractivity contribution is 0.0918. The summed E-state index contributed by atoms with van der Waals surface area (Å²) in [6.07, 6.45) is 6.50. The van der Waals surface area contributed by atoms with E-state index in [2.05, 4.69) is 16.0 Å². The van der Waals surface area contributed by atoms with Gasteiger partial charge < -0.3 is 9.64 Å². The SMILES string of the molecule is Cl.Cl.Fc1ccc(OC2CCN(CC3Cc4cccnc4C3)CC2)cc1. The number of halogens is 3. The number of benzene rings is 1. The van der Waals surface area contributed by atoms with Crippen LogP contribution in [0.15, 0.2) is 42.6 Å². The van der Waals surface area contributed by atoms with Crippen molar-refractivity contribution in [1.29, 1.82) is 0 Å². The van der Waals surface area contributed by atoms with Crippen LogP contribution in [0.1, 0.15) is 24.1 Å². The Kier molecular flexibility index (Phi) is 7.69. The lowest BCUT2D eigenvalue weighted by Gasteiger charge is -2.33. The van der Waals surface area contributed by atoms with Crippen molar-refractivity contribution < 1.29 is 9.13 Å². The Morgan fingerprint density at radius 2 is 1.77 bits per heavy atom. The van der Waals surface area contributed by atoms with Crippen molar-refractivity contribution in [3.63, 3.8) is 0 Å². The molecule has 26 heavy (non-hydrogen) atoms. The second kappa shape index (κ2) is 9.54. The summed E-state index contributed by atoms with van der Waals surface area (Å²) in [6, 6.07) is 10.6. The molecule has 0 bridgehead atoms. The van der Waals surface area contributed by atoms with Crippen LogP contribution in [-0.2, 0) is 12.8 Å². The number of hydrogen-bond acceptors (Lipinski definition) is 3. The Labute approximate surface area is 166 Å². The number of fused-ring (bicyclic) bond motifs is 1. The predicted molar refractivity (Wildman–Crippen MR) is 106 cm³/mol. The molecule has 142 valence electrons. The van der Waals surface area contributed by atoms with Crippen LogP contribution in [0.5, 0.6) is 5.75 Å². The van der Waals surface area contributed by atoms with Gasteiger partial charge in [0.2, 0.25) is 0 Å². The molecule has 0 radical (unpaired) electrons.